The summed E-state index contributed by atoms with van der Waals surface area (Å²) in [5, 5.41) is 17.3. The molecule has 19 heavy (non-hydrogen) atoms. The molecule has 0 aliphatic heterocycles. The van der Waals surface area contributed by atoms with Crippen LogP contribution in [0.4, 0.5) is 0 Å². The Labute approximate surface area is 114 Å². The molecule has 1 heterocycles. The van der Waals surface area contributed by atoms with Crippen LogP contribution in [0.2, 0.25) is 0 Å². The Balaban J connectivity index is 2.20. The summed E-state index contributed by atoms with van der Waals surface area (Å²) in [4.78, 5) is 11.7. The molecule has 2 unspecified atom stereocenters. The highest BCUT2D eigenvalue weighted by molar-refractivity contribution is 5.79. The van der Waals surface area contributed by atoms with Crippen LogP contribution < -0.4 is 5.32 Å². The summed E-state index contributed by atoms with van der Waals surface area (Å²) in [5.41, 5.74) is 0.167. The lowest BCUT2D eigenvalue weighted by molar-refractivity contribution is -0.147. The van der Waals surface area contributed by atoms with Gasteiger partial charge in [0.2, 0.25) is 0 Å². The number of aliphatic carboxylic acids is 1. The van der Waals surface area contributed by atoms with Crippen molar-refractivity contribution >= 4 is 5.97 Å². The molecule has 0 aromatic carbocycles. The molecule has 1 aromatic rings. The highest BCUT2D eigenvalue weighted by Crippen LogP contribution is 2.35. The Morgan fingerprint density at radius 1 is 1.63 bits per heavy atom. The summed E-state index contributed by atoms with van der Waals surface area (Å²) in [5.74, 6) is -0.741. The van der Waals surface area contributed by atoms with Crippen LogP contribution in [-0.4, -0.2) is 32.4 Å². The zero-order valence-electron chi connectivity index (χ0n) is 11.9. The Morgan fingerprint density at radius 3 is 2.89 bits per heavy atom. The van der Waals surface area contributed by atoms with Crippen LogP contribution in [0.15, 0.2) is 12.3 Å². The first-order valence-electron chi connectivity index (χ1n) is 6.96. The summed E-state index contributed by atoms with van der Waals surface area (Å²) in [6.07, 6.45) is 5.15. The zero-order valence-corrected chi connectivity index (χ0v) is 11.9. The van der Waals surface area contributed by atoms with Crippen molar-refractivity contribution < 1.29 is 9.90 Å². The first-order chi connectivity index (χ1) is 8.93. The highest BCUT2D eigenvalue weighted by atomic mass is 16.4. The Hall–Kier alpha value is -1.36. The minimum absolute atomic E-state index is 0.161. The third-order valence-corrected chi connectivity index (χ3v) is 3.82. The van der Waals surface area contributed by atoms with Gasteiger partial charge in [-0.25, -0.2) is 0 Å². The zero-order chi connectivity index (χ0) is 14.0. The van der Waals surface area contributed by atoms with Crippen LogP contribution in [0.5, 0.6) is 0 Å². The van der Waals surface area contributed by atoms with Crippen LogP contribution >= 0.6 is 0 Å². The monoisotopic (exact) mass is 265 g/mol. The molecule has 1 saturated carbocycles. The van der Waals surface area contributed by atoms with Gasteiger partial charge in [-0.05, 0) is 52.5 Å². The van der Waals surface area contributed by atoms with Crippen molar-refractivity contribution in [2.45, 2.75) is 64.1 Å². The molecule has 0 bridgehead atoms. The summed E-state index contributed by atoms with van der Waals surface area (Å²) in [6, 6.07) is 2.30. The number of aromatic nitrogens is 2. The molecule has 0 spiro atoms. The number of nitrogens with zero attached hydrogens (tertiary/aromatic N) is 2. The van der Waals surface area contributed by atoms with Crippen LogP contribution in [0, 0.1) is 6.92 Å². The molecule has 2 rings (SSSR count). The molecule has 0 radical (unpaired) electrons. The number of hydrogen-bond acceptors (Lipinski definition) is 3. The van der Waals surface area contributed by atoms with E-state index in [-0.39, 0.29) is 12.1 Å². The lowest BCUT2D eigenvalue weighted by Gasteiger charge is -2.39. The maximum atomic E-state index is 11.7. The van der Waals surface area contributed by atoms with E-state index in [0.29, 0.717) is 12.8 Å². The van der Waals surface area contributed by atoms with Crippen LogP contribution in [0.25, 0.3) is 0 Å². The number of carbonyl (C=O) groups is 1. The van der Waals surface area contributed by atoms with Gasteiger partial charge in [0.1, 0.15) is 5.54 Å². The molecule has 106 valence electrons. The summed E-state index contributed by atoms with van der Waals surface area (Å²) < 4.78 is 1.92. The van der Waals surface area contributed by atoms with Crippen molar-refractivity contribution in [3.05, 3.63) is 18.0 Å². The van der Waals surface area contributed by atoms with Gasteiger partial charge >= 0.3 is 5.97 Å². The molecular formula is C14H23N3O2. The third-order valence-electron chi connectivity index (χ3n) is 3.82. The predicted octanol–water partition coefficient (Wildman–Crippen LogP) is 2.13. The third kappa shape index (κ3) is 2.97. The SMILES string of the molecule is Cc1ccn(C2CCCC(NC(C)C)(C(=O)O)C2)n1. The minimum atomic E-state index is -0.809. The maximum absolute atomic E-state index is 11.7. The number of nitrogens with one attached hydrogen (secondary N) is 1. The lowest BCUT2D eigenvalue weighted by atomic mass is 9.78. The second-order valence-electron chi connectivity index (χ2n) is 5.87. The predicted molar refractivity (Wildman–Crippen MR) is 73.1 cm³/mol. The number of aryl methyl sites for hydroxylation is 1. The van der Waals surface area contributed by atoms with E-state index in [9.17, 15) is 9.90 Å². The van der Waals surface area contributed by atoms with Crippen molar-refractivity contribution in [2.75, 3.05) is 0 Å². The van der Waals surface area contributed by atoms with Gasteiger partial charge in [0.15, 0.2) is 0 Å². The smallest absolute Gasteiger partial charge is 0.323 e. The quantitative estimate of drug-likeness (QED) is 0.875. The van der Waals surface area contributed by atoms with Crippen LogP contribution in [-0.2, 0) is 4.79 Å². The van der Waals surface area contributed by atoms with Gasteiger partial charge in [0, 0.05) is 12.2 Å². The van der Waals surface area contributed by atoms with Crippen molar-refractivity contribution in [1.82, 2.24) is 15.1 Å². The lowest BCUT2D eigenvalue weighted by Crippen LogP contribution is -2.57. The normalized spacial score (nSPS) is 27.7. The Morgan fingerprint density at radius 2 is 2.37 bits per heavy atom. The largest absolute Gasteiger partial charge is 0.480 e. The Kier molecular flexibility index (Phi) is 3.94. The molecule has 1 fully saturated rings. The number of carboxylic acids is 1. The van der Waals surface area contributed by atoms with Crippen molar-refractivity contribution in [3.63, 3.8) is 0 Å². The topological polar surface area (TPSA) is 67.2 Å². The second kappa shape index (κ2) is 5.33. The van der Waals surface area contributed by atoms with Crippen molar-refractivity contribution in [2.24, 2.45) is 0 Å². The summed E-state index contributed by atoms with van der Waals surface area (Å²) >= 11 is 0. The van der Waals surface area contributed by atoms with Gasteiger partial charge < -0.3 is 5.11 Å². The van der Waals surface area contributed by atoms with Gasteiger partial charge in [-0.1, -0.05) is 0 Å². The Bertz CT molecular complexity index is 455. The van der Waals surface area contributed by atoms with E-state index >= 15 is 0 Å². The molecule has 5 nitrogen and oxygen atoms in total. The first kappa shape index (κ1) is 14.1. The van der Waals surface area contributed by atoms with Crippen LogP contribution in [0.3, 0.4) is 0 Å². The highest BCUT2D eigenvalue weighted by Gasteiger charge is 2.43. The number of hydrogen-bond donors (Lipinski definition) is 2. The van der Waals surface area contributed by atoms with Crippen molar-refractivity contribution in [3.8, 4) is 0 Å². The van der Waals surface area contributed by atoms with Gasteiger partial charge in [-0.15, -0.1) is 0 Å². The van der Waals surface area contributed by atoms with E-state index in [1.54, 1.807) is 0 Å². The average Bonchev–Trinajstić information content (AvgIpc) is 2.75. The molecule has 2 atom stereocenters. The summed E-state index contributed by atoms with van der Waals surface area (Å²) in [6.45, 7) is 5.94. The molecular weight excluding hydrogens is 242 g/mol. The second-order valence-corrected chi connectivity index (χ2v) is 5.87. The maximum Gasteiger partial charge on any atom is 0.323 e. The van der Waals surface area contributed by atoms with Gasteiger partial charge in [0.25, 0.3) is 0 Å². The molecule has 2 N–H and O–H groups in total. The minimum Gasteiger partial charge on any atom is -0.480 e. The van der Waals surface area contributed by atoms with Crippen LogP contribution in [0.1, 0.15) is 51.3 Å². The molecule has 0 amide bonds. The molecule has 1 aliphatic rings. The fourth-order valence-electron chi connectivity index (χ4n) is 3.05. The van der Waals surface area contributed by atoms with E-state index in [2.05, 4.69) is 10.4 Å². The first-order valence-corrected chi connectivity index (χ1v) is 6.96. The van der Waals surface area contributed by atoms with Gasteiger partial charge in [0.05, 0.1) is 11.7 Å². The summed E-state index contributed by atoms with van der Waals surface area (Å²) in [7, 11) is 0. The molecule has 0 saturated heterocycles. The van der Waals surface area contributed by atoms with Crippen molar-refractivity contribution in [1.29, 1.82) is 0 Å². The average molecular weight is 265 g/mol. The van der Waals surface area contributed by atoms with E-state index in [1.165, 1.54) is 0 Å². The fourth-order valence-corrected chi connectivity index (χ4v) is 3.05. The standard InChI is InChI=1S/C14H23N3O2/c1-10(2)15-14(13(18)19)7-4-5-12(9-14)17-8-6-11(3)16-17/h6,8,10,12,15H,4-5,7,9H2,1-3H3,(H,18,19). The van der Waals surface area contributed by atoms with E-state index < -0.39 is 11.5 Å². The van der Waals surface area contributed by atoms with E-state index in [0.717, 1.165) is 18.5 Å². The van der Waals surface area contributed by atoms with E-state index in [1.807, 2.05) is 37.7 Å². The number of rotatable bonds is 4. The van der Waals surface area contributed by atoms with Gasteiger partial charge in [-0.2, -0.15) is 5.10 Å². The molecule has 1 aromatic heterocycles. The van der Waals surface area contributed by atoms with E-state index in [4.69, 9.17) is 0 Å². The number of carboxylic acid groups (broad SMARTS) is 1. The fraction of sp³-hybridized carbons (Fsp3) is 0.714. The molecule has 1 aliphatic carbocycles. The molecule has 5 heteroatoms. The van der Waals surface area contributed by atoms with Gasteiger partial charge in [-0.3, -0.25) is 14.8 Å².